The fourth-order valence-electron chi connectivity index (χ4n) is 2.23. The number of hydrogen-bond donors (Lipinski definition) is 3. The van der Waals surface area contributed by atoms with E-state index in [0.717, 1.165) is 5.56 Å². The Kier molecular flexibility index (Phi) is 4.93. The number of phenolic OH excluding ortho intramolecular Hbond substituents is 1. The average molecular weight is 326 g/mol. The Balaban J connectivity index is 2.13. The number of rotatable bonds is 3. The Labute approximate surface area is 141 Å². The second-order valence-corrected chi connectivity index (χ2v) is 6.69. The van der Waals surface area contributed by atoms with Crippen molar-refractivity contribution < 1.29 is 14.7 Å². The van der Waals surface area contributed by atoms with Gasteiger partial charge in [-0.15, -0.1) is 0 Å². The van der Waals surface area contributed by atoms with Crippen LogP contribution in [0.3, 0.4) is 0 Å². The van der Waals surface area contributed by atoms with Gasteiger partial charge in [-0.1, -0.05) is 32.9 Å². The Morgan fingerprint density at radius 1 is 0.958 bits per heavy atom. The van der Waals surface area contributed by atoms with Crippen LogP contribution in [-0.4, -0.2) is 16.9 Å². The number of carbonyl (C=O) groups is 2. The first-order valence-electron chi connectivity index (χ1n) is 7.69. The minimum Gasteiger partial charge on any atom is -0.506 e. The maximum absolute atomic E-state index is 12.3. The predicted molar refractivity (Wildman–Crippen MR) is 95.5 cm³/mol. The summed E-state index contributed by atoms with van der Waals surface area (Å²) in [4.78, 5) is 23.3. The minimum atomic E-state index is -0.307. The number of benzene rings is 2. The van der Waals surface area contributed by atoms with E-state index in [1.165, 1.54) is 13.0 Å². The van der Waals surface area contributed by atoms with Crippen molar-refractivity contribution in [2.24, 2.45) is 0 Å². The van der Waals surface area contributed by atoms with Crippen molar-refractivity contribution in [3.05, 3.63) is 53.6 Å². The second kappa shape index (κ2) is 6.74. The van der Waals surface area contributed by atoms with E-state index in [4.69, 9.17) is 0 Å². The Bertz CT molecular complexity index is 759. The highest BCUT2D eigenvalue weighted by molar-refractivity contribution is 6.05. The first kappa shape index (κ1) is 17.5. The van der Waals surface area contributed by atoms with E-state index < -0.39 is 0 Å². The largest absolute Gasteiger partial charge is 0.506 e. The van der Waals surface area contributed by atoms with E-state index in [1.54, 1.807) is 24.3 Å². The van der Waals surface area contributed by atoms with E-state index in [2.05, 4.69) is 31.4 Å². The molecule has 5 nitrogen and oxygen atoms in total. The number of amides is 2. The number of hydrogen-bond acceptors (Lipinski definition) is 3. The van der Waals surface area contributed by atoms with Crippen molar-refractivity contribution in [2.45, 2.75) is 33.1 Å². The first-order valence-corrected chi connectivity index (χ1v) is 7.69. The highest BCUT2D eigenvalue weighted by atomic mass is 16.3. The van der Waals surface area contributed by atoms with Gasteiger partial charge in [-0.2, -0.15) is 0 Å². The summed E-state index contributed by atoms with van der Waals surface area (Å²) < 4.78 is 0. The molecule has 0 fully saturated rings. The Morgan fingerprint density at radius 2 is 1.58 bits per heavy atom. The standard InChI is InChI=1S/C19H22N2O3/c1-12(22)20-15-9-10-16(17(23)11-15)21-18(24)13-5-7-14(8-6-13)19(2,3)4/h5-11,23H,1-4H3,(H,20,22)(H,21,24). The molecule has 0 aliphatic carbocycles. The molecule has 126 valence electrons. The maximum atomic E-state index is 12.3. The van der Waals surface area contributed by atoms with Gasteiger partial charge in [0.25, 0.3) is 5.91 Å². The molecule has 0 aliphatic rings. The molecule has 0 saturated heterocycles. The van der Waals surface area contributed by atoms with Crippen molar-refractivity contribution in [3.8, 4) is 5.75 Å². The second-order valence-electron chi connectivity index (χ2n) is 6.69. The lowest BCUT2D eigenvalue weighted by atomic mass is 9.87. The van der Waals surface area contributed by atoms with Gasteiger partial charge in [0.05, 0.1) is 5.69 Å². The fourth-order valence-corrected chi connectivity index (χ4v) is 2.23. The third kappa shape index (κ3) is 4.35. The van der Waals surface area contributed by atoms with Gasteiger partial charge < -0.3 is 15.7 Å². The van der Waals surface area contributed by atoms with Crippen LogP contribution in [0.1, 0.15) is 43.6 Å². The van der Waals surface area contributed by atoms with E-state index in [-0.39, 0.29) is 28.7 Å². The number of anilines is 2. The molecular formula is C19H22N2O3. The lowest BCUT2D eigenvalue weighted by molar-refractivity contribution is -0.114. The quantitative estimate of drug-likeness (QED) is 0.749. The van der Waals surface area contributed by atoms with Gasteiger partial charge >= 0.3 is 0 Å². The highest BCUT2D eigenvalue weighted by Gasteiger charge is 2.15. The molecule has 0 saturated carbocycles. The normalized spacial score (nSPS) is 11.0. The summed E-state index contributed by atoms with van der Waals surface area (Å²) in [6.07, 6.45) is 0. The zero-order valence-electron chi connectivity index (χ0n) is 14.3. The zero-order chi connectivity index (χ0) is 17.9. The molecule has 0 aliphatic heterocycles. The van der Waals surface area contributed by atoms with Crippen molar-refractivity contribution in [2.75, 3.05) is 10.6 Å². The van der Waals surface area contributed by atoms with Gasteiger partial charge in [-0.05, 0) is 35.2 Å². The maximum Gasteiger partial charge on any atom is 0.255 e. The fraction of sp³-hybridized carbons (Fsp3) is 0.263. The summed E-state index contributed by atoms with van der Waals surface area (Å²) in [5, 5.41) is 15.2. The molecule has 2 amide bonds. The molecular weight excluding hydrogens is 304 g/mol. The third-order valence-electron chi connectivity index (χ3n) is 3.58. The third-order valence-corrected chi connectivity index (χ3v) is 3.58. The molecule has 24 heavy (non-hydrogen) atoms. The van der Waals surface area contributed by atoms with Crippen LogP contribution in [0, 0.1) is 0 Å². The molecule has 0 bridgehead atoms. The number of carbonyl (C=O) groups excluding carboxylic acids is 2. The zero-order valence-corrected chi connectivity index (χ0v) is 14.3. The molecule has 0 heterocycles. The molecule has 3 N–H and O–H groups in total. The number of aromatic hydroxyl groups is 1. The van der Waals surface area contributed by atoms with E-state index in [1.807, 2.05) is 12.1 Å². The Morgan fingerprint density at radius 3 is 2.08 bits per heavy atom. The van der Waals surface area contributed by atoms with Gasteiger partial charge in [0.1, 0.15) is 5.75 Å². The van der Waals surface area contributed by atoms with Gasteiger partial charge in [0.2, 0.25) is 5.91 Å². The topological polar surface area (TPSA) is 78.4 Å². The summed E-state index contributed by atoms with van der Waals surface area (Å²) in [6.45, 7) is 7.71. The van der Waals surface area contributed by atoms with E-state index in [0.29, 0.717) is 11.3 Å². The molecule has 0 unspecified atom stereocenters. The van der Waals surface area contributed by atoms with Crippen LogP contribution in [0.4, 0.5) is 11.4 Å². The van der Waals surface area contributed by atoms with Gasteiger partial charge in [-0.3, -0.25) is 9.59 Å². The molecule has 0 atom stereocenters. The van der Waals surface area contributed by atoms with Crippen LogP contribution in [0.5, 0.6) is 5.75 Å². The molecule has 5 heteroatoms. The molecule has 0 radical (unpaired) electrons. The van der Waals surface area contributed by atoms with Crippen LogP contribution in [0.15, 0.2) is 42.5 Å². The van der Waals surface area contributed by atoms with Crippen LogP contribution in [-0.2, 0) is 10.2 Å². The van der Waals surface area contributed by atoms with Gasteiger partial charge in [-0.25, -0.2) is 0 Å². The highest BCUT2D eigenvalue weighted by Crippen LogP contribution is 2.27. The van der Waals surface area contributed by atoms with Gasteiger partial charge in [0, 0.05) is 24.2 Å². The average Bonchev–Trinajstić information content (AvgIpc) is 2.48. The van der Waals surface area contributed by atoms with E-state index >= 15 is 0 Å². The minimum absolute atomic E-state index is 0.0207. The predicted octanol–water partition coefficient (Wildman–Crippen LogP) is 3.90. The lowest BCUT2D eigenvalue weighted by Crippen LogP contribution is -2.14. The van der Waals surface area contributed by atoms with Crippen molar-refractivity contribution in [3.63, 3.8) is 0 Å². The lowest BCUT2D eigenvalue weighted by Gasteiger charge is -2.19. The Hall–Kier alpha value is -2.82. The number of phenols is 1. The van der Waals surface area contributed by atoms with Crippen molar-refractivity contribution in [1.29, 1.82) is 0 Å². The summed E-state index contributed by atoms with van der Waals surface area (Å²) in [6, 6.07) is 11.9. The SMILES string of the molecule is CC(=O)Nc1ccc(NC(=O)c2ccc(C(C)(C)C)cc2)c(O)c1. The van der Waals surface area contributed by atoms with E-state index in [9.17, 15) is 14.7 Å². The van der Waals surface area contributed by atoms with Crippen LogP contribution in [0.25, 0.3) is 0 Å². The molecule has 2 aromatic carbocycles. The first-order chi connectivity index (χ1) is 11.2. The summed E-state index contributed by atoms with van der Waals surface area (Å²) in [5.74, 6) is -0.649. The van der Waals surface area contributed by atoms with Gasteiger partial charge in [0.15, 0.2) is 0 Å². The summed E-state index contributed by atoms with van der Waals surface area (Å²) in [5.41, 5.74) is 2.42. The molecule has 2 rings (SSSR count). The van der Waals surface area contributed by atoms with Crippen LogP contribution >= 0.6 is 0 Å². The number of nitrogens with one attached hydrogen (secondary N) is 2. The van der Waals surface area contributed by atoms with Crippen LogP contribution in [0.2, 0.25) is 0 Å². The molecule has 2 aromatic rings. The molecule has 0 aromatic heterocycles. The smallest absolute Gasteiger partial charge is 0.255 e. The van der Waals surface area contributed by atoms with Crippen LogP contribution < -0.4 is 10.6 Å². The van der Waals surface area contributed by atoms with Crippen molar-refractivity contribution >= 4 is 23.2 Å². The molecule has 0 spiro atoms. The summed E-state index contributed by atoms with van der Waals surface area (Å²) in [7, 11) is 0. The monoisotopic (exact) mass is 326 g/mol. The van der Waals surface area contributed by atoms with Crippen molar-refractivity contribution in [1.82, 2.24) is 0 Å². The summed E-state index contributed by atoms with van der Waals surface area (Å²) >= 11 is 0.